The first-order valence-electron chi connectivity index (χ1n) is 5.72. The summed E-state index contributed by atoms with van der Waals surface area (Å²) in [6.07, 6.45) is 4.03. The second-order valence-electron chi connectivity index (χ2n) is 4.00. The van der Waals surface area contributed by atoms with Crippen LogP contribution in [0.1, 0.15) is 26.3 Å². The largest absolute Gasteiger partial charge is 0.298 e. The van der Waals surface area contributed by atoms with Crippen molar-refractivity contribution in [2.24, 2.45) is 0 Å². The lowest BCUT2D eigenvalue weighted by atomic mass is 10.1. The van der Waals surface area contributed by atoms with Crippen LogP contribution in [0, 0.1) is 3.57 Å². The summed E-state index contributed by atoms with van der Waals surface area (Å²) in [4.78, 5) is 22.6. The van der Waals surface area contributed by atoms with E-state index in [1.807, 2.05) is 24.3 Å². The summed E-state index contributed by atoms with van der Waals surface area (Å²) < 4.78 is 1.03. The third kappa shape index (κ3) is 3.86. The van der Waals surface area contributed by atoms with Crippen molar-refractivity contribution in [1.82, 2.24) is 0 Å². The van der Waals surface area contributed by atoms with Crippen molar-refractivity contribution in [2.45, 2.75) is 0 Å². The number of aldehydes is 1. The molecule has 0 fully saturated rings. The van der Waals surface area contributed by atoms with Crippen molar-refractivity contribution in [3.05, 3.63) is 74.9 Å². The lowest BCUT2D eigenvalue weighted by Gasteiger charge is -1.97. The Morgan fingerprint density at radius 2 is 1.74 bits per heavy atom. The van der Waals surface area contributed by atoms with E-state index in [2.05, 4.69) is 22.6 Å². The second-order valence-corrected chi connectivity index (χ2v) is 5.24. The summed E-state index contributed by atoms with van der Waals surface area (Å²) in [6.45, 7) is 0. The van der Waals surface area contributed by atoms with Gasteiger partial charge in [-0.3, -0.25) is 9.59 Å². The van der Waals surface area contributed by atoms with Crippen LogP contribution in [-0.4, -0.2) is 12.1 Å². The lowest BCUT2D eigenvalue weighted by Crippen LogP contribution is -1.94. The number of carbonyl (C=O) groups is 2. The fourth-order valence-electron chi connectivity index (χ4n) is 1.65. The number of halogens is 1. The van der Waals surface area contributed by atoms with E-state index in [-0.39, 0.29) is 5.78 Å². The summed E-state index contributed by atoms with van der Waals surface area (Å²) in [5.74, 6) is -0.0463. The molecular formula is C16H11IO2. The molecule has 0 aromatic heterocycles. The summed E-state index contributed by atoms with van der Waals surface area (Å²) >= 11 is 2.17. The van der Waals surface area contributed by atoms with Gasteiger partial charge in [0, 0.05) is 14.7 Å². The quantitative estimate of drug-likeness (QED) is 0.357. The van der Waals surface area contributed by atoms with Gasteiger partial charge < -0.3 is 0 Å². The predicted octanol–water partition coefficient (Wildman–Crippen LogP) is 4.00. The van der Waals surface area contributed by atoms with Gasteiger partial charge in [-0.25, -0.2) is 0 Å². The van der Waals surface area contributed by atoms with Crippen LogP contribution < -0.4 is 0 Å². The Labute approximate surface area is 125 Å². The molecule has 2 aromatic carbocycles. The standard InChI is InChI=1S/C16H11IO2/c17-15-6-2-5-14(10-15)16(19)8-7-12-3-1-4-13(9-12)11-18/h1-11H/b8-7+. The van der Waals surface area contributed by atoms with Crippen molar-refractivity contribution in [2.75, 3.05) is 0 Å². The minimum atomic E-state index is -0.0463. The minimum absolute atomic E-state index is 0.0463. The SMILES string of the molecule is O=Cc1cccc(/C=C/C(=O)c2cccc(I)c2)c1. The van der Waals surface area contributed by atoms with Crippen LogP contribution in [0.3, 0.4) is 0 Å². The maximum Gasteiger partial charge on any atom is 0.185 e. The van der Waals surface area contributed by atoms with Gasteiger partial charge in [-0.15, -0.1) is 0 Å². The minimum Gasteiger partial charge on any atom is -0.298 e. The Morgan fingerprint density at radius 3 is 2.47 bits per heavy atom. The highest BCUT2D eigenvalue weighted by atomic mass is 127. The molecule has 94 valence electrons. The van der Waals surface area contributed by atoms with Crippen molar-refractivity contribution >= 4 is 40.7 Å². The van der Waals surface area contributed by atoms with Crippen molar-refractivity contribution in [1.29, 1.82) is 0 Å². The highest BCUT2D eigenvalue weighted by Gasteiger charge is 2.01. The molecule has 0 N–H and O–H groups in total. The molecule has 0 aliphatic rings. The average Bonchev–Trinajstić information content (AvgIpc) is 2.45. The fraction of sp³-hybridized carbons (Fsp3) is 0. The van der Waals surface area contributed by atoms with E-state index in [1.54, 1.807) is 30.3 Å². The Kier molecular flexibility index (Phi) is 4.63. The maximum atomic E-state index is 12.0. The van der Waals surface area contributed by atoms with Gasteiger partial charge in [0.1, 0.15) is 6.29 Å². The topological polar surface area (TPSA) is 34.1 Å². The number of ketones is 1. The molecule has 0 aliphatic carbocycles. The van der Waals surface area contributed by atoms with Crippen LogP contribution in [-0.2, 0) is 0 Å². The molecule has 0 saturated carbocycles. The summed E-state index contributed by atoms with van der Waals surface area (Å²) in [7, 11) is 0. The molecule has 0 spiro atoms. The van der Waals surface area contributed by atoms with Gasteiger partial charge >= 0.3 is 0 Å². The first kappa shape index (κ1) is 13.7. The number of rotatable bonds is 4. The highest BCUT2D eigenvalue weighted by molar-refractivity contribution is 14.1. The van der Waals surface area contributed by atoms with E-state index in [9.17, 15) is 9.59 Å². The molecule has 0 atom stereocenters. The molecule has 0 amide bonds. The van der Waals surface area contributed by atoms with Gasteiger partial charge in [0.15, 0.2) is 5.78 Å². The molecule has 2 rings (SSSR count). The Bertz CT molecular complexity index is 645. The van der Waals surface area contributed by atoms with Crippen molar-refractivity contribution in [3.63, 3.8) is 0 Å². The van der Waals surface area contributed by atoms with E-state index in [0.29, 0.717) is 11.1 Å². The van der Waals surface area contributed by atoms with Gasteiger partial charge in [-0.05, 0) is 52.4 Å². The molecule has 0 heterocycles. The monoisotopic (exact) mass is 362 g/mol. The number of hydrogen-bond donors (Lipinski definition) is 0. The van der Waals surface area contributed by atoms with Crippen LogP contribution in [0.2, 0.25) is 0 Å². The summed E-state index contributed by atoms with van der Waals surface area (Å²) in [6, 6.07) is 14.5. The molecule has 0 radical (unpaired) electrons. The highest BCUT2D eigenvalue weighted by Crippen LogP contribution is 2.10. The summed E-state index contributed by atoms with van der Waals surface area (Å²) in [5.41, 5.74) is 2.10. The molecule has 0 aliphatic heterocycles. The number of allylic oxidation sites excluding steroid dienone is 1. The average molecular weight is 362 g/mol. The van der Waals surface area contributed by atoms with Crippen LogP contribution in [0.15, 0.2) is 54.6 Å². The zero-order valence-electron chi connectivity index (χ0n) is 10.0. The first-order valence-corrected chi connectivity index (χ1v) is 6.80. The number of benzene rings is 2. The van der Waals surface area contributed by atoms with Crippen molar-refractivity contribution < 1.29 is 9.59 Å². The van der Waals surface area contributed by atoms with E-state index in [4.69, 9.17) is 0 Å². The third-order valence-corrected chi connectivity index (χ3v) is 3.25. The van der Waals surface area contributed by atoms with Gasteiger partial charge in [-0.2, -0.15) is 0 Å². The van der Waals surface area contributed by atoms with Gasteiger partial charge in [0.05, 0.1) is 0 Å². The van der Waals surface area contributed by atoms with E-state index >= 15 is 0 Å². The maximum absolute atomic E-state index is 12.0. The van der Waals surface area contributed by atoms with E-state index in [1.165, 1.54) is 6.08 Å². The molecule has 19 heavy (non-hydrogen) atoms. The molecular weight excluding hydrogens is 351 g/mol. The van der Waals surface area contributed by atoms with Crippen molar-refractivity contribution in [3.8, 4) is 0 Å². The molecule has 2 aromatic rings. The predicted molar refractivity (Wildman–Crippen MR) is 84.4 cm³/mol. The Morgan fingerprint density at radius 1 is 1.00 bits per heavy atom. The fourth-order valence-corrected chi connectivity index (χ4v) is 2.19. The molecule has 2 nitrogen and oxygen atoms in total. The van der Waals surface area contributed by atoms with E-state index in [0.717, 1.165) is 15.4 Å². The van der Waals surface area contributed by atoms with Gasteiger partial charge in [-0.1, -0.05) is 36.4 Å². The lowest BCUT2D eigenvalue weighted by molar-refractivity contribution is 0.104. The smallest absolute Gasteiger partial charge is 0.185 e. The normalized spacial score (nSPS) is 10.6. The van der Waals surface area contributed by atoms with Crippen LogP contribution >= 0.6 is 22.6 Å². The Hall–Kier alpha value is -1.75. The third-order valence-electron chi connectivity index (χ3n) is 2.58. The zero-order chi connectivity index (χ0) is 13.7. The van der Waals surface area contributed by atoms with Gasteiger partial charge in [0.2, 0.25) is 0 Å². The van der Waals surface area contributed by atoms with Crippen LogP contribution in [0.5, 0.6) is 0 Å². The molecule has 0 unspecified atom stereocenters. The number of hydrogen-bond acceptors (Lipinski definition) is 2. The van der Waals surface area contributed by atoms with Crippen LogP contribution in [0.4, 0.5) is 0 Å². The van der Waals surface area contributed by atoms with E-state index < -0.39 is 0 Å². The zero-order valence-corrected chi connectivity index (χ0v) is 12.2. The Balaban J connectivity index is 2.18. The second kappa shape index (κ2) is 6.43. The molecule has 0 saturated heterocycles. The van der Waals surface area contributed by atoms with Gasteiger partial charge in [0.25, 0.3) is 0 Å². The summed E-state index contributed by atoms with van der Waals surface area (Å²) in [5, 5.41) is 0. The number of carbonyl (C=O) groups excluding carboxylic acids is 2. The molecule has 3 heteroatoms. The first-order chi connectivity index (χ1) is 9.19. The molecule has 0 bridgehead atoms. The van der Waals surface area contributed by atoms with Crippen LogP contribution in [0.25, 0.3) is 6.08 Å².